The van der Waals surface area contributed by atoms with E-state index in [0.717, 1.165) is 6.42 Å². The second-order valence-electron chi connectivity index (χ2n) is 3.26. The Labute approximate surface area is 75.1 Å². The number of hydrogen-bond acceptors (Lipinski definition) is 5. The molecule has 5 heteroatoms. The van der Waals surface area contributed by atoms with Gasteiger partial charge in [-0.15, -0.1) is 10.2 Å². The molecule has 1 aliphatic carbocycles. The summed E-state index contributed by atoms with van der Waals surface area (Å²) in [5.74, 6) is 0.841. The zero-order valence-electron chi connectivity index (χ0n) is 7.48. The Hall–Kier alpha value is -1.39. The van der Waals surface area contributed by atoms with Gasteiger partial charge < -0.3 is 9.15 Å². The predicted molar refractivity (Wildman–Crippen MR) is 42.2 cm³/mol. The first kappa shape index (κ1) is 8.22. The number of aromatic nitrogens is 2. The molecule has 5 nitrogen and oxygen atoms in total. The largest absolute Gasteiger partial charge is 0.462 e. The fourth-order valence-corrected chi connectivity index (χ4v) is 1.22. The van der Waals surface area contributed by atoms with Crippen LogP contribution in [0.4, 0.5) is 0 Å². The molecule has 1 aromatic rings. The second-order valence-corrected chi connectivity index (χ2v) is 3.26. The summed E-state index contributed by atoms with van der Waals surface area (Å²) in [6.45, 7) is 2.10. The van der Waals surface area contributed by atoms with Gasteiger partial charge in [0.1, 0.15) is 0 Å². The van der Waals surface area contributed by atoms with Crippen molar-refractivity contribution in [3.63, 3.8) is 0 Å². The first-order chi connectivity index (χ1) is 6.22. The number of carbonyl (C=O) groups is 1. The van der Waals surface area contributed by atoms with Crippen LogP contribution in [0.1, 0.15) is 35.8 Å². The van der Waals surface area contributed by atoms with Crippen LogP contribution in [0.3, 0.4) is 0 Å². The Morgan fingerprint density at radius 3 is 2.85 bits per heavy atom. The molecule has 2 unspecified atom stereocenters. The lowest BCUT2D eigenvalue weighted by Gasteiger charge is -1.89. The summed E-state index contributed by atoms with van der Waals surface area (Å²) >= 11 is 0. The summed E-state index contributed by atoms with van der Waals surface area (Å²) in [4.78, 5) is 10.9. The average Bonchev–Trinajstić information content (AvgIpc) is 2.70. The van der Waals surface area contributed by atoms with E-state index >= 15 is 0 Å². The number of carbonyl (C=O) groups excluding carboxylic acids is 1. The number of ether oxygens (including phenoxy) is 1. The molecule has 13 heavy (non-hydrogen) atoms. The third-order valence-electron chi connectivity index (χ3n) is 2.23. The topological polar surface area (TPSA) is 65.2 Å². The molecule has 1 aliphatic rings. The molecule has 1 aromatic heterocycles. The lowest BCUT2D eigenvalue weighted by Crippen LogP contribution is -2.00. The zero-order chi connectivity index (χ0) is 9.42. The van der Waals surface area contributed by atoms with E-state index in [4.69, 9.17) is 4.42 Å². The summed E-state index contributed by atoms with van der Waals surface area (Å²) < 4.78 is 9.58. The lowest BCUT2D eigenvalue weighted by atomic mass is 10.3. The van der Waals surface area contributed by atoms with Crippen LogP contribution in [-0.2, 0) is 4.74 Å². The van der Waals surface area contributed by atoms with Crippen LogP contribution < -0.4 is 0 Å². The highest BCUT2D eigenvalue weighted by atomic mass is 16.5. The number of hydrogen-bond donors (Lipinski definition) is 0. The molecule has 0 aromatic carbocycles. The molecule has 0 saturated heterocycles. The third kappa shape index (κ3) is 1.41. The van der Waals surface area contributed by atoms with Crippen LogP contribution in [0.2, 0.25) is 0 Å². The van der Waals surface area contributed by atoms with Gasteiger partial charge in [-0.2, -0.15) is 0 Å². The van der Waals surface area contributed by atoms with Crippen LogP contribution in [0.25, 0.3) is 0 Å². The van der Waals surface area contributed by atoms with E-state index in [9.17, 15) is 4.79 Å². The Balaban J connectivity index is 2.14. The maximum atomic E-state index is 10.9. The molecular weight excluding hydrogens is 172 g/mol. The van der Waals surface area contributed by atoms with Gasteiger partial charge >= 0.3 is 11.9 Å². The van der Waals surface area contributed by atoms with E-state index in [2.05, 4.69) is 21.9 Å². The molecule has 70 valence electrons. The van der Waals surface area contributed by atoms with Crippen molar-refractivity contribution in [1.82, 2.24) is 10.2 Å². The van der Waals surface area contributed by atoms with E-state index in [1.165, 1.54) is 7.11 Å². The van der Waals surface area contributed by atoms with Gasteiger partial charge in [-0.25, -0.2) is 4.79 Å². The first-order valence-corrected chi connectivity index (χ1v) is 4.14. The van der Waals surface area contributed by atoms with Gasteiger partial charge in [-0.3, -0.25) is 0 Å². The van der Waals surface area contributed by atoms with Crippen LogP contribution in [0.5, 0.6) is 0 Å². The highest BCUT2D eigenvalue weighted by Crippen LogP contribution is 2.46. The molecule has 1 fully saturated rings. The van der Waals surface area contributed by atoms with Gasteiger partial charge in [0.15, 0.2) is 0 Å². The summed E-state index contributed by atoms with van der Waals surface area (Å²) in [7, 11) is 1.28. The molecule has 0 amide bonds. The van der Waals surface area contributed by atoms with Gasteiger partial charge in [0.2, 0.25) is 5.89 Å². The lowest BCUT2D eigenvalue weighted by molar-refractivity contribution is 0.0554. The molecule has 0 spiro atoms. The molecule has 2 atom stereocenters. The fourth-order valence-electron chi connectivity index (χ4n) is 1.22. The highest BCUT2D eigenvalue weighted by molar-refractivity contribution is 5.83. The van der Waals surface area contributed by atoms with E-state index in [-0.39, 0.29) is 5.89 Å². The van der Waals surface area contributed by atoms with Gasteiger partial charge in [-0.1, -0.05) is 6.92 Å². The Morgan fingerprint density at radius 2 is 2.31 bits per heavy atom. The maximum absolute atomic E-state index is 10.9. The van der Waals surface area contributed by atoms with Crippen molar-refractivity contribution in [3.05, 3.63) is 11.8 Å². The normalized spacial score (nSPS) is 25.7. The third-order valence-corrected chi connectivity index (χ3v) is 2.23. The monoisotopic (exact) mass is 182 g/mol. The Kier molecular flexibility index (Phi) is 1.79. The van der Waals surface area contributed by atoms with E-state index in [1.807, 2.05) is 0 Å². The van der Waals surface area contributed by atoms with E-state index in [1.54, 1.807) is 0 Å². The van der Waals surface area contributed by atoms with Gasteiger partial charge in [0.25, 0.3) is 0 Å². The second kappa shape index (κ2) is 2.83. The van der Waals surface area contributed by atoms with Crippen molar-refractivity contribution in [1.29, 1.82) is 0 Å². The molecule has 0 N–H and O–H groups in total. The Morgan fingerprint density at radius 1 is 1.62 bits per heavy atom. The minimum atomic E-state index is -0.577. The van der Waals surface area contributed by atoms with Gasteiger partial charge in [-0.05, 0) is 12.3 Å². The Bertz CT molecular complexity index is 334. The quantitative estimate of drug-likeness (QED) is 0.638. The number of nitrogens with zero attached hydrogens (tertiary/aromatic N) is 2. The highest BCUT2D eigenvalue weighted by Gasteiger charge is 2.39. The molecule has 2 rings (SSSR count). The molecule has 0 radical (unpaired) electrons. The SMILES string of the molecule is COC(=O)c1nnc(C2CC2C)o1. The smallest absolute Gasteiger partial charge is 0.396 e. The van der Waals surface area contributed by atoms with Crippen molar-refractivity contribution in [2.45, 2.75) is 19.3 Å². The standard InChI is InChI=1S/C8H10N2O3/c1-4-3-5(4)6-9-10-7(13-6)8(11)12-2/h4-5H,3H2,1-2H3. The van der Waals surface area contributed by atoms with Crippen molar-refractivity contribution in [3.8, 4) is 0 Å². The molecular formula is C8H10N2O3. The summed E-state index contributed by atoms with van der Waals surface area (Å²) in [6, 6.07) is 0. The summed E-state index contributed by atoms with van der Waals surface area (Å²) in [5, 5.41) is 7.37. The molecule has 1 saturated carbocycles. The number of methoxy groups -OCH3 is 1. The first-order valence-electron chi connectivity index (χ1n) is 4.14. The van der Waals surface area contributed by atoms with Crippen molar-refractivity contribution < 1.29 is 13.9 Å². The molecule has 0 bridgehead atoms. The van der Waals surface area contributed by atoms with E-state index < -0.39 is 5.97 Å². The van der Waals surface area contributed by atoms with Crippen molar-refractivity contribution >= 4 is 5.97 Å². The van der Waals surface area contributed by atoms with Gasteiger partial charge in [0, 0.05) is 5.92 Å². The van der Waals surface area contributed by atoms with Crippen molar-refractivity contribution in [2.24, 2.45) is 5.92 Å². The zero-order valence-corrected chi connectivity index (χ0v) is 7.48. The minimum absolute atomic E-state index is 0.0587. The van der Waals surface area contributed by atoms with Crippen LogP contribution >= 0.6 is 0 Å². The number of esters is 1. The number of rotatable bonds is 2. The summed E-state index contributed by atoms with van der Waals surface area (Å²) in [5.41, 5.74) is 0. The van der Waals surface area contributed by atoms with Gasteiger partial charge in [0.05, 0.1) is 7.11 Å². The van der Waals surface area contributed by atoms with Crippen LogP contribution in [-0.4, -0.2) is 23.3 Å². The van der Waals surface area contributed by atoms with Crippen LogP contribution in [0.15, 0.2) is 4.42 Å². The van der Waals surface area contributed by atoms with E-state index in [0.29, 0.717) is 17.7 Å². The predicted octanol–water partition coefficient (Wildman–Crippen LogP) is 0.980. The fraction of sp³-hybridized carbons (Fsp3) is 0.625. The molecule has 0 aliphatic heterocycles. The van der Waals surface area contributed by atoms with Crippen molar-refractivity contribution in [2.75, 3.05) is 7.11 Å². The average molecular weight is 182 g/mol. The minimum Gasteiger partial charge on any atom is -0.462 e. The van der Waals surface area contributed by atoms with Crippen LogP contribution in [0, 0.1) is 5.92 Å². The molecule has 1 heterocycles. The summed E-state index contributed by atoms with van der Waals surface area (Å²) in [6.07, 6.45) is 1.06. The maximum Gasteiger partial charge on any atom is 0.396 e.